The van der Waals surface area contributed by atoms with Crippen LogP contribution >= 0.6 is 11.3 Å². The van der Waals surface area contributed by atoms with Crippen molar-refractivity contribution in [2.75, 3.05) is 5.73 Å². The smallest absolute Gasteiger partial charge is 1.00 e. The number of anilines is 1. The monoisotopic (exact) mass is 167 g/mol. The largest absolute Gasteiger partial charge is 1.00 e. The van der Waals surface area contributed by atoms with Gasteiger partial charge in [-0.1, -0.05) is 0 Å². The van der Waals surface area contributed by atoms with Crippen LogP contribution < -0.4 is 35.3 Å². The summed E-state index contributed by atoms with van der Waals surface area (Å²) in [5.74, 6) is -0.956. The van der Waals surface area contributed by atoms with E-state index in [9.17, 15) is 4.79 Å². The molecule has 50 valence electrons. The molecule has 0 fully saturated rings. The van der Waals surface area contributed by atoms with E-state index in [4.69, 9.17) is 10.8 Å². The van der Waals surface area contributed by atoms with Gasteiger partial charge in [-0.15, -0.1) is 11.3 Å². The third-order valence-electron chi connectivity index (χ3n) is 0.890. The Morgan fingerprint density at radius 1 is 1.80 bits per heavy atom. The van der Waals surface area contributed by atoms with Crippen molar-refractivity contribution in [2.45, 2.75) is 0 Å². The average molecular weight is 167 g/mol. The molecule has 0 aromatic carbocycles. The number of carboxylic acids is 1. The van der Waals surface area contributed by atoms with E-state index in [1.165, 1.54) is 0 Å². The molecule has 0 bridgehead atoms. The molecule has 0 amide bonds. The van der Waals surface area contributed by atoms with Gasteiger partial charge >= 0.3 is 35.5 Å². The summed E-state index contributed by atoms with van der Waals surface area (Å²) in [7, 11) is 0. The van der Waals surface area contributed by atoms with Gasteiger partial charge in [-0.2, -0.15) is 0 Å². The predicted octanol–water partition coefficient (Wildman–Crippen LogP) is -1.85. The Morgan fingerprint density at radius 2 is 2.40 bits per heavy atom. The fourth-order valence-corrected chi connectivity index (χ4v) is 1.15. The minimum absolute atomic E-state index is 0. The predicted molar refractivity (Wildman–Crippen MR) is 36.8 cm³/mol. The molecule has 3 N–H and O–H groups in total. The topological polar surface area (TPSA) is 63.3 Å². The van der Waals surface area contributed by atoms with Gasteiger partial charge in [0.05, 0.1) is 5.69 Å². The van der Waals surface area contributed by atoms with Gasteiger partial charge in [0.15, 0.2) is 0 Å². The zero-order valence-corrected chi connectivity index (χ0v) is 8.31. The minimum atomic E-state index is -0.956. The maximum Gasteiger partial charge on any atom is 1.00 e. The van der Waals surface area contributed by atoms with Crippen molar-refractivity contribution in [1.82, 2.24) is 0 Å². The van der Waals surface area contributed by atoms with Gasteiger partial charge in [0.2, 0.25) is 0 Å². The molecule has 10 heavy (non-hydrogen) atoms. The van der Waals surface area contributed by atoms with Crippen LogP contribution in [-0.4, -0.2) is 11.1 Å². The summed E-state index contributed by atoms with van der Waals surface area (Å²) in [6, 6.07) is 1.58. The second kappa shape index (κ2) is 3.98. The van der Waals surface area contributed by atoms with Gasteiger partial charge in [0.1, 0.15) is 4.88 Å². The third-order valence-corrected chi connectivity index (χ3v) is 1.81. The van der Waals surface area contributed by atoms with E-state index in [1.807, 2.05) is 0 Å². The van der Waals surface area contributed by atoms with E-state index in [0.29, 0.717) is 5.69 Å². The van der Waals surface area contributed by atoms with E-state index in [1.54, 1.807) is 11.4 Å². The summed E-state index contributed by atoms with van der Waals surface area (Å²) in [4.78, 5) is 10.4. The Hall–Kier alpha value is -0.0300. The van der Waals surface area contributed by atoms with Crippen LogP contribution in [0.5, 0.6) is 0 Å². The molecule has 0 saturated carbocycles. The maximum atomic E-state index is 10.2. The first kappa shape index (κ1) is 9.97. The number of carbonyl (C=O) groups is 1. The summed E-state index contributed by atoms with van der Waals surface area (Å²) in [5.41, 5.74) is 5.61. The Bertz CT molecular complexity index is 240. The third kappa shape index (κ3) is 1.98. The number of thiophene rings is 1. The molecule has 0 aliphatic heterocycles. The van der Waals surface area contributed by atoms with Crippen LogP contribution in [0, 0.1) is 0 Å². The van der Waals surface area contributed by atoms with E-state index in [2.05, 4.69) is 0 Å². The van der Waals surface area contributed by atoms with Crippen molar-refractivity contribution < 1.29 is 40.9 Å². The molecular formula is C5H6NNaO2S. The Kier molecular flexibility index (Phi) is 3.96. The molecule has 0 aliphatic carbocycles. The van der Waals surface area contributed by atoms with Crippen LogP contribution in [-0.2, 0) is 0 Å². The zero-order valence-electron chi connectivity index (χ0n) is 6.50. The van der Waals surface area contributed by atoms with Crippen LogP contribution in [0.3, 0.4) is 0 Å². The number of aromatic carboxylic acids is 1. The van der Waals surface area contributed by atoms with Crippen LogP contribution in [0.15, 0.2) is 11.4 Å². The van der Waals surface area contributed by atoms with Gasteiger partial charge in [0, 0.05) is 0 Å². The van der Waals surface area contributed by atoms with Gasteiger partial charge in [-0.25, -0.2) is 4.79 Å². The number of carboxylic acid groups (broad SMARTS) is 1. The van der Waals surface area contributed by atoms with Crippen molar-refractivity contribution in [3.63, 3.8) is 0 Å². The van der Waals surface area contributed by atoms with Crippen LogP contribution in [0.25, 0.3) is 0 Å². The van der Waals surface area contributed by atoms with Crippen molar-refractivity contribution in [3.8, 4) is 0 Å². The molecule has 0 unspecified atom stereocenters. The summed E-state index contributed by atoms with van der Waals surface area (Å²) in [6.07, 6.45) is 0. The second-order valence-corrected chi connectivity index (χ2v) is 2.43. The zero-order chi connectivity index (χ0) is 6.85. The first-order chi connectivity index (χ1) is 4.22. The quantitative estimate of drug-likeness (QED) is 0.482. The molecule has 0 spiro atoms. The van der Waals surface area contributed by atoms with E-state index >= 15 is 0 Å². The number of nitrogens with two attached hydrogens (primary N) is 1. The fourth-order valence-electron chi connectivity index (χ4n) is 0.493. The molecule has 5 heteroatoms. The minimum Gasteiger partial charge on any atom is -1.00 e. The molecule has 0 radical (unpaired) electrons. The van der Waals surface area contributed by atoms with E-state index < -0.39 is 5.97 Å². The molecule has 0 saturated heterocycles. The fraction of sp³-hybridized carbons (Fsp3) is 0. The molecule has 1 aromatic rings. The normalized spacial score (nSPS) is 8.40. The van der Waals surface area contributed by atoms with Gasteiger partial charge < -0.3 is 12.3 Å². The van der Waals surface area contributed by atoms with Gasteiger partial charge in [-0.3, -0.25) is 0 Å². The van der Waals surface area contributed by atoms with Crippen molar-refractivity contribution in [1.29, 1.82) is 0 Å². The van der Waals surface area contributed by atoms with Crippen LogP contribution in [0.1, 0.15) is 11.1 Å². The number of nitrogen functional groups attached to an aromatic ring is 1. The molecule has 0 atom stereocenters. The molecule has 3 nitrogen and oxygen atoms in total. The van der Waals surface area contributed by atoms with Crippen molar-refractivity contribution in [2.24, 2.45) is 0 Å². The summed E-state index contributed by atoms with van der Waals surface area (Å²) in [5, 5.41) is 10.0. The van der Waals surface area contributed by atoms with Crippen LogP contribution in [0.2, 0.25) is 0 Å². The summed E-state index contributed by atoms with van der Waals surface area (Å²) >= 11 is 1.13. The number of hydrogen-bond acceptors (Lipinski definition) is 3. The first-order valence-electron chi connectivity index (χ1n) is 2.28. The maximum absolute atomic E-state index is 10.2. The molecule has 1 heterocycles. The number of rotatable bonds is 1. The first-order valence-corrected chi connectivity index (χ1v) is 3.16. The van der Waals surface area contributed by atoms with Gasteiger partial charge in [-0.05, 0) is 11.4 Å². The summed E-state index contributed by atoms with van der Waals surface area (Å²) in [6.45, 7) is 0. The van der Waals surface area contributed by atoms with E-state index in [-0.39, 0.29) is 35.9 Å². The van der Waals surface area contributed by atoms with Crippen molar-refractivity contribution in [3.05, 3.63) is 16.3 Å². The SMILES string of the molecule is Nc1ccsc1C(=O)O.[H-].[Na+]. The molecule has 0 aliphatic rings. The molecule has 1 rings (SSSR count). The Labute approximate surface area is 85.6 Å². The van der Waals surface area contributed by atoms with Crippen molar-refractivity contribution >= 4 is 23.0 Å². The van der Waals surface area contributed by atoms with Crippen LogP contribution in [0.4, 0.5) is 5.69 Å². The second-order valence-electron chi connectivity index (χ2n) is 1.51. The molecular weight excluding hydrogens is 161 g/mol. The Balaban J connectivity index is 0. The average Bonchev–Trinajstić information content (AvgIpc) is 2.13. The van der Waals surface area contributed by atoms with E-state index in [0.717, 1.165) is 11.3 Å². The van der Waals surface area contributed by atoms with Gasteiger partial charge in [0.25, 0.3) is 0 Å². The summed E-state index contributed by atoms with van der Waals surface area (Å²) < 4.78 is 0. The standard InChI is InChI=1S/C5H5NO2S.Na.H/c6-3-1-2-9-4(3)5(7)8;;/h1-2H,6H2,(H,7,8);;/q;+1;-1. The number of hydrogen-bond donors (Lipinski definition) is 2. The Morgan fingerprint density at radius 3 is 2.60 bits per heavy atom. The molecule has 1 aromatic heterocycles.